The molecule has 3 aromatic rings. The molecule has 5 rings (SSSR count). The highest BCUT2D eigenvalue weighted by Gasteiger charge is 2.30. The summed E-state index contributed by atoms with van der Waals surface area (Å²) in [5.41, 5.74) is 4.99. The normalized spacial score (nSPS) is 16.0. The SMILES string of the molecule is C=CO.CC1CN(c2ccc(C(C)(C)C)c(Cl)c2)C(=O)c2ccccc21.c1ccc2c(c1)NCCO2. The van der Waals surface area contributed by atoms with Gasteiger partial charge in [-0.25, -0.2) is 0 Å². The number of anilines is 2. The summed E-state index contributed by atoms with van der Waals surface area (Å²) >= 11 is 6.48. The van der Waals surface area contributed by atoms with Crippen LogP contribution >= 0.6 is 11.6 Å². The van der Waals surface area contributed by atoms with Crippen LogP contribution in [0, 0.1) is 0 Å². The number of hydrogen-bond acceptors (Lipinski definition) is 4. The summed E-state index contributed by atoms with van der Waals surface area (Å²) < 4.78 is 5.36. The van der Waals surface area contributed by atoms with Crippen LogP contribution in [0.1, 0.15) is 55.1 Å². The van der Waals surface area contributed by atoms with E-state index in [1.54, 1.807) is 0 Å². The highest BCUT2D eigenvalue weighted by atomic mass is 35.5. The summed E-state index contributed by atoms with van der Waals surface area (Å²) in [7, 11) is 0. The number of aliphatic hydroxyl groups is 1. The van der Waals surface area contributed by atoms with Gasteiger partial charge in [0.15, 0.2) is 0 Å². The van der Waals surface area contributed by atoms with Crippen molar-refractivity contribution >= 4 is 28.9 Å². The van der Waals surface area contributed by atoms with E-state index in [1.165, 1.54) is 0 Å². The van der Waals surface area contributed by atoms with Crippen molar-refractivity contribution in [2.45, 2.75) is 39.0 Å². The van der Waals surface area contributed by atoms with Crippen LogP contribution in [0.2, 0.25) is 5.02 Å². The number of halogens is 1. The fourth-order valence-corrected chi connectivity index (χ4v) is 4.77. The number of rotatable bonds is 1. The Bertz CT molecular complexity index is 1180. The first-order chi connectivity index (χ1) is 17.2. The molecule has 0 aromatic heterocycles. The van der Waals surface area contributed by atoms with Crippen molar-refractivity contribution in [3.63, 3.8) is 0 Å². The minimum Gasteiger partial charge on any atom is -0.516 e. The molecule has 0 saturated carbocycles. The maximum absolute atomic E-state index is 12.8. The number of fused-ring (bicyclic) bond motifs is 2. The molecular weight excluding hydrogens is 472 g/mol. The molecule has 3 aromatic carbocycles. The monoisotopic (exact) mass is 506 g/mol. The van der Waals surface area contributed by atoms with E-state index < -0.39 is 0 Å². The fraction of sp³-hybridized carbons (Fsp3) is 0.300. The number of amides is 1. The molecule has 36 heavy (non-hydrogen) atoms. The molecule has 190 valence electrons. The Labute approximate surface area is 219 Å². The van der Waals surface area contributed by atoms with E-state index in [2.05, 4.69) is 39.6 Å². The number of carbonyl (C=O) groups is 1. The maximum Gasteiger partial charge on any atom is 0.258 e. The molecule has 0 spiro atoms. The third-order valence-corrected chi connectivity index (χ3v) is 6.37. The van der Waals surface area contributed by atoms with Crippen molar-refractivity contribution in [3.8, 4) is 5.75 Å². The lowest BCUT2D eigenvalue weighted by atomic mass is 9.86. The Morgan fingerprint density at radius 2 is 1.78 bits per heavy atom. The lowest BCUT2D eigenvalue weighted by Gasteiger charge is -2.33. The zero-order valence-corrected chi connectivity index (χ0v) is 22.2. The first kappa shape index (κ1) is 27.2. The van der Waals surface area contributed by atoms with Gasteiger partial charge in [0.25, 0.3) is 5.91 Å². The van der Waals surface area contributed by atoms with Crippen LogP contribution in [0.5, 0.6) is 5.75 Å². The zero-order valence-electron chi connectivity index (χ0n) is 21.4. The number of aliphatic hydroxyl groups excluding tert-OH is 1. The number of benzene rings is 3. The van der Waals surface area contributed by atoms with Crippen molar-refractivity contribution < 1.29 is 14.6 Å². The average Bonchev–Trinajstić information content (AvgIpc) is 2.86. The summed E-state index contributed by atoms with van der Waals surface area (Å²) in [5, 5.41) is 11.3. The number of hydrogen-bond donors (Lipinski definition) is 2. The van der Waals surface area contributed by atoms with E-state index >= 15 is 0 Å². The molecule has 0 saturated heterocycles. The molecule has 0 radical (unpaired) electrons. The second-order valence-corrected chi connectivity index (χ2v) is 10.2. The van der Waals surface area contributed by atoms with Crippen LogP contribution in [0.15, 0.2) is 79.6 Å². The molecule has 0 aliphatic carbocycles. The molecule has 1 amide bonds. The van der Waals surface area contributed by atoms with Gasteiger partial charge in [-0.1, -0.05) is 82.3 Å². The molecular formula is C30H35ClN2O3. The van der Waals surface area contributed by atoms with E-state index in [0.717, 1.165) is 53.2 Å². The minimum absolute atomic E-state index is 0.0125. The quantitative estimate of drug-likeness (QED) is 0.334. The number of nitrogens with one attached hydrogen (secondary N) is 1. The topological polar surface area (TPSA) is 61.8 Å². The Morgan fingerprint density at radius 3 is 2.44 bits per heavy atom. The van der Waals surface area contributed by atoms with Gasteiger partial charge in [0.05, 0.1) is 11.9 Å². The molecule has 6 heteroatoms. The second kappa shape index (κ2) is 12.0. The van der Waals surface area contributed by atoms with Crippen molar-refractivity contribution in [1.82, 2.24) is 0 Å². The van der Waals surface area contributed by atoms with E-state index in [4.69, 9.17) is 21.4 Å². The van der Waals surface area contributed by atoms with Gasteiger partial charge in [0.2, 0.25) is 0 Å². The summed E-state index contributed by atoms with van der Waals surface area (Å²) in [4.78, 5) is 14.7. The summed E-state index contributed by atoms with van der Waals surface area (Å²) in [6, 6.07) is 21.8. The molecule has 2 N–H and O–H groups in total. The van der Waals surface area contributed by atoms with E-state index in [9.17, 15) is 4.79 Å². The fourth-order valence-electron chi connectivity index (χ4n) is 4.31. The Hall–Kier alpha value is -3.44. The molecule has 0 fully saturated rings. The third-order valence-electron chi connectivity index (χ3n) is 6.06. The predicted molar refractivity (Wildman–Crippen MR) is 150 cm³/mol. The maximum atomic E-state index is 12.8. The highest BCUT2D eigenvalue weighted by Crippen LogP contribution is 2.36. The largest absolute Gasteiger partial charge is 0.516 e. The van der Waals surface area contributed by atoms with Gasteiger partial charge >= 0.3 is 0 Å². The standard InChI is InChI=1S/C20H22ClNO.C8H9NO.C2H4O/c1-13-12-22(19(23)16-8-6-5-7-15(13)16)14-9-10-17(18(21)11-14)20(2,3)4;1-2-4-8-7(3-1)9-5-6-10-8;1-2-3/h5-11,13H,12H2,1-4H3;1-4,9H,5-6H2;2-3H,1H2. The van der Waals surface area contributed by atoms with Crippen molar-refractivity contribution in [2.24, 2.45) is 0 Å². The van der Waals surface area contributed by atoms with Crippen molar-refractivity contribution in [2.75, 3.05) is 29.9 Å². The average molecular weight is 507 g/mol. The van der Waals surface area contributed by atoms with Crippen molar-refractivity contribution in [3.05, 3.63) is 101 Å². The number of para-hydroxylation sites is 2. The predicted octanol–water partition coefficient (Wildman–Crippen LogP) is 7.58. The molecule has 0 bridgehead atoms. The third kappa shape index (κ3) is 6.41. The molecule has 2 aliphatic rings. The zero-order chi connectivity index (χ0) is 26.3. The van der Waals surface area contributed by atoms with Gasteiger partial charge < -0.3 is 20.1 Å². The van der Waals surface area contributed by atoms with Gasteiger partial charge in [0, 0.05) is 29.4 Å². The Balaban J connectivity index is 0.000000229. The molecule has 5 nitrogen and oxygen atoms in total. The smallest absolute Gasteiger partial charge is 0.258 e. The highest BCUT2D eigenvalue weighted by molar-refractivity contribution is 6.32. The van der Waals surface area contributed by atoms with Crippen LogP contribution in [0.4, 0.5) is 11.4 Å². The number of carbonyl (C=O) groups excluding carboxylic acids is 1. The molecule has 1 unspecified atom stereocenters. The van der Waals surface area contributed by atoms with E-state index in [0.29, 0.717) is 17.5 Å². The molecule has 1 atom stereocenters. The van der Waals surface area contributed by atoms with Gasteiger partial charge in [-0.15, -0.1) is 0 Å². The first-order valence-electron chi connectivity index (χ1n) is 12.1. The van der Waals surface area contributed by atoms with Crippen LogP contribution in [0.25, 0.3) is 0 Å². The van der Waals surface area contributed by atoms with Crippen LogP contribution in [-0.4, -0.2) is 30.7 Å². The van der Waals surface area contributed by atoms with Gasteiger partial charge in [-0.3, -0.25) is 4.79 Å². The van der Waals surface area contributed by atoms with Gasteiger partial charge in [-0.05, 0) is 52.8 Å². The first-order valence-corrected chi connectivity index (χ1v) is 12.5. The lowest BCUT2D eigenvalue weighted by Crippen LogP contribution is -2.39. The van der Waals surface area contributed by atoms with Gasteiger partial charge in [-0.2, -0.15) is 0 Å². The molecule has 2 heterocycles. The number of ether oxygens (including phenoxy) is 1. The summed E-state index contributed by atoms with van der Waals surface area (Å²) in [5.74, 6) is 1.33. The minimum atomic E-state index is -0.0125. The van der Waals surface area contributed by atoms with Crippen LogP contribution in [0.3, 0.4) is 0 Å². The Morgan fingerprint density at radius 1 is 1.11 bits per heavy atom. The summed E-state index contributed by atoms with van der Waals surface area (Å²) in [6.07, 6.45) is 0.750. The number of nitrogens with zero attached hydrogens (tertiary/aromatic N) is 1. The van der Waals surface area contributed by atoms with Crippen LogP contribution in [-0.2, 0) is 5.41 Å². The van der Waals surface area contributed by atoms with Crippen molar-refractivity contribution in [1.29, 1.82) is 0 Å². The Kier molecular flexibility index (Phi) is 9.05. The van der Waals surface area contributed by atoms with E-state index in [-0.39, 0.29) is 11.3 Å². The summed E-state index contributed by atoms with van der Waals surface area (Å²) in [6.45, 7) is 13.9. The van der Waals surface area contributed by atoms with E-state index in [1.807, 2.05) is 71.6 Å². The lowest BCUT2D eigenvalue weighted by molar-refractivity contribution is 0.0977. The van der Waals surface area contributed by atoms with Gasteiger partial charge in [0.1, 0.15) is 12.4 Å². The van der Waals surface area contributed by atoms with Crippen LogP contribution < -0.4 is 15.0 Å². The molecule has 2 aliphatic heterocycles. The second-order valence-electron chi connectivity index (χ2n) is 9.77.